The molecule has 0 spiro atoms. The van der Waals surface area contributed by atoms with Crippen LogP contribution in [0.2, 0.25) is 0 Å². The topological polar surface area (TPSA) is 81.8 Å². The molecular weight excluding hydrogens is 328 g/mol. The van der Waals surface area contributed by atoms with Crippen LogP contribution in [0.5, 0.6) is 0 Å². The lowest BCUT2D eigenvalue weighted by Gasteiger charge is -2.21. The van der Waals surface area contributed by atoms with E-state index in [2.05, 4.69) is 10.6 Å². The Balaban J connectivity index is 1.44. The van der Waals surface area contributed by atoms with E-state index in [4.69, 9.17) is 0 Å². The van der Waals surface area contributed by atoms with Crippen molar-refractivity contribution in [2.75, 3.05) is 32.7 Å². The van der Waals surface area contributed by atoms with Crippen LogP contribution in [0.3, 0.4) is 0 Å². The van der Waals surface area contributed by atoms with Crippen molar-refractivity contribution >= 4 is 29.2 Å². The van der Waals surface area contributed by atoms with Crippen LogP contribution >= 0.6 is 11.3 Å². The SMILES string of the molecule is O=C(CN1CCCN(C(=O)c2ccsc2)CC1)NC(=O)NC1CC1. The average Bonchev–Trinajstić information content (AvgIpc) is 3.23. The van der Waals surface area contributed by atoms with Gasteiger partial charge in [-0.25, -0.2) is 4.79 Å². The summed E-state index contributed by atoms with van der Waals surface area (Å²) in [4.78, 5) is 39.7. The first-order chi connectivity index (χ1) is 11.6. The van der Waals surface area contributed by atoms with Gasteiger partial charge in [0.2, 0.25) is 5.91 Å². The molecule has 0 unspecified atom stereocenters. The molecule has 4 amide bonds. The lowest BCUT2D eigenvalue weighted by molar-refractivity contribution is -0.121. The predicted octanol–water partition coefficient (Wildman–Crippen LogP) is 0.884. The second kappa shape index (κ2) is 7.76. The van der Waals surface area contributed by atoms with E-state index in [0.717, 1.165) is 31.4 Å². The first-order valence-corrected chi connectivity index (χ1v) is 9.20. The van der Waals surface area contributed by atoms with Crippen molar-refractivity contribution < 1.29 is 14.4 Å². The maximum absolute atomic E-state index is 12.4. The van der Waals surface area contributed by atoms with E-state index in [1.165, 1.54) is 11.3 Å². The van der Waals surface area contributed by atoms with Gasteiger partial charge in [-0.15, -0.1) is 0 Å². The summed E-state index contributed by atoms with van der Waals surface area (Å²) in [7, 11) is 0. The minimum atomic E-state index is -0.411. The largest absolute Gasteiger partial charge is 0.337 e. The number of urea groups is 1. The van der Waals surface area contributed by atoms with Gasteiger partial charge < -0.3 is 10.2 Å². The van der Waals surface area contributed by atoms with Crippen molar-refractivity contribution in [3.63, 3.8) is 0 Å². The van der Waals surface area contributed by atoms with E-state index in [1.54, 1.807) is 0 Å². The van der Waals surface area contributed by atoms with Gasteiger partial charge in [-0.2, -0.15) is 11.3 Å². The molecule has 3 rings (SSSR count). The van der Waals surface area contributed by atoms with Crippen molar-refractivity contribution in [1.29, 1.82) is 0 Å². The van der Waals surface area contributed by atoms with E-state index in [0.29, 0.717) is 19.6 Å². The third-order valence-corrected chi connectivity index (χ3v) is 4.86. The minimum Gasteiger partial charge on any atom is -0.337 e. The van der Waals surface area contributed by atoms with E-state index in [9.17, 15) is 14.4 Å². The van der Waals surface area contributed by atoms with Gasteiger partial charge >= 0.3 is 6.03 Å². The summed E-state index contributed by atoms with van der Waals surface area (Å²) in [5.41, 5.74) is 0.725. The Labute approximate surface area is 145 Å². The molecule has 2 heterocycles. The summed E-state index contributed by atoms with van der Waals surface area (Å²) in [5, 5.41) is 8.85. The third kappa shape index (κ3) is 4.78. The Kier molecular flexibility index (Phi) is 5.47. The first kappa shape index (κ1) is 16.9. The zero-order chi connectivity index (χ0) is 16.9. The van der Waals surface area contributed by atoms with Crippen molar-refractivity contribution in [3.05, 3.63) is 22.4 Å². The van der Waals surface area contributed by atoms with Gasteiger partial charge in [-0.1, -0.05) is 0 Å². The maximum Gasteiger partial charge on any atom is 0.321 e. The molecule has 1 aliphatic heterocycles. The fourth-order valence-corrected chi connectivity index (χ4v) is 3.35. The number of amides is 4. The summed E-state index contributed by atoms with van der Waals surface area (Å²) in [6.45, 7) is 2.84. The summed E-state index contributed by atoms with van der Waals surface area (Å²) >= 11 is 1.51. The van der Waals surface area contributed by atoms with Crippen LogP contribution in [-0.2, 0) is 4.79 Å². The van der Waals surface area contributed by atoms with Gasteiger partial charge in [0.1, 0.15) is 0 Å². The number of hydrogen-bond acceptors (Lipinski definition) is 5. The summed E-state index contributed by atoms with van der Waals surface area (Å²) in [6, 6.07) is 1.65. The van der Waals surface area contributed by atoms with E-state index in [-0.39, 0.29) is 24.4 Å². The Morgan fingerprint density at radius 3 is 2.71 bits per heavy atom. The third-order valence-electron chi connectivity index (χ3n) is 4.18. The normalized spacial score (nSPS) is 18.8. The molecule has 2 N–H and O–H groups in total. The van der Waals surface area contributed by atoms with Gasteiger partial charge in [0.05, 0.1) is 12.1 Å². The summed E-state index contributed by atoms with van der Waals surface area (Å²) < 4.78 is 0. The zero-order valence-electron chi connectivity index (χ0n) is 13.5. The van der Waals surface area contributed by atoms with E-state index < -0.39 is 6.03 Å². The number of nitrogens with one attached hydrogen (secondary N) is 2. The second-order valence-corrected chi connectivity index (χ2v) is 7.01. The highest BCUT2D eigenvalue weighted by atomic mass is 32.1. The monoisotopic (exact) mass is 350 g/mol. The van der Waals surface area contributed by atoms with E-state index >= 15 is 0 Å². The zero-order valence-corrected chi connectivity index (χ0v) is 14.3. The van der Waals surface area contributed by atoms with Gasteiger partial charge in [0.15, 0.2) is 0 Å². The molecule has 1 aromatic rings. The van der Waals surface area contributed by atoms with Crippen LogP contribution in [0.4, 0.5) is 4.79 Å². The Morgan fingerprint density at radius 2 is 2.00 bits per heavy atom. The number of imide groups is 1. The molecule has 1 saturated carbocycles. The van der Waals surface area contributed by atoms with Crippen LogP contribution < -0.4 is 10.6 Å². The lowest BCUT2D eigenvalue weighted by atomic mass is 10.3. The van der Waals surface area contributed by atoms with Gasteiger partial charge in [-0.3, -0.25) is 19.8 Å². The number of carbonyl (C=O) groups is 3. The standard InChI is InChI=1S/C16H22N4O3S/c21-14(18-16(23)17-13-2-3-13)10-19-5-1-6-20(8-7-19)15(22)12-4-9-24-11-12/h4,9,11,13H,1-3,5-8,10H2,(H2,17,18,21,23). The summed E-state index contributed by atoms with van der Waals surface area (Å²) in [5.74, 6) is -0.253. The van der Waals surface area contributed by atoms with Crippen LogP contribution in [0.25, 0.3) is 0 Å². The molecule has 24 heavy (non-hydrogen) atoms. The van der Waals surface area contributed by atoms with Crippen LogP contribution in [0, 0.1) is 0 Å². The molecule has 7 nitrogen and oxygen atoms in total. The van der Waals surface area contributed by atoms with Crippen LogP contribution in [0.15, 0.2) is 16.8 Å². The molecule has 1 aromatic heterocycles. The van der Waals surface area contributed by atoms with Crippen LogP contribution in [0.1, 0.15) is 29.6 Å². The molecule has 2 aliphatic rings. The Hall–Kier alpha value is -1.93. The van der Waals surface area contributed by atoms with Gasteiger partial charge in [0, 0.05) is 37.6 Å². The van der Waals surface area contributed by atoms with Gasteiger partial charge in [0.25, 0.3) is 5.91 Å². The molecule has 0 atom stereocenters. The number of nitrogens with zero attached hydrogens (tertiary/aromatic N) is 2. The van der Waals surface area contributed by atoms with Crippen LogP contribution in [-0.4, -0.2) is 66.4 Å². The molecule has 0 radical (unpaired) electrons. The molecular formula is C16H22N4O3S. The number of carbonyl (C=O) groups excluding carboxylic acids is 3. The van der Waals surface area contributed by atoms with Crippen molar-refractivity contribution in [2.24, 2.45) is 0 Å². The molecule has 2 fully saturated rings. The maximum atomic E-state index is 12.4. The van der Waals surface area contributed by atoms with Crippen molar-refractivity contribution in [3.8, 4) is 0 Å². The number of rotatable bonds is 4. The smallest absolute Gasteiger partial charge is 0.321 e. The highest BCUT2D eigenvalue weighted by molar-refractivity contribution is 7.08. The average molecular weight is 350 g/mol. The minimum absolute atomic E-state index is 0.0476. The lowest BCUT2D eigenvalue weighted by Crippen LogP contribution is -2.45. The Bertz CT molecular complexity index is 600. The Morgan fingerprint density at radius 1 is 1.17 bits per heavy atom. The van der Waals surface area contributed by atoms with Gasteiger partial charge in [-0.05, 0) is 30.7 Å². The number of hydrogen-bond donors (Lipinski definition) is 2. The van der Waals surface area contributed by atoms with Crippen molar-refractivity contribution in [1.82, 2.24) is 20.4 Å². The number of thiophene rings is 1. The quantitative estimate of drug-likeness (QED) is 0.845. The fourth-order valence-electron chi connectivity index (χ4n) is 2.72. The van der Waals surface area contributed by atoms with Crippen molar-refractivity contribution in [2.45, 2.75) is 25.3 Å². The first-order valence-electron chi connectivity index (χ1n) is 8.26. The fraction of sp³-hybridized carbons (Fsp3) is 0.562. The molecule has 1 aliphatic carbocycles. The molecule has 8 heteroatoms. The molecule has 130 valence electrons. The van der Waals surface area contributed by atoms with E-state index in [1.807, 2.05) is 26.6 Å². The highest BCUT2D eigenvalue weighted by Crippen LogP contribution is 2.18. The molecule has 1 saturated heterocycles. The predicted molar refractivity (Wildman–Crippen MR) is 91.0 cm³/mol. The second-order valence-electron chi connectivity index (χ2n) is 6.23. The summed E-state index contributed by atoms with van der Waals surface area (Å²) in [6.07, 6.45) is 2.79. The molecule has 0 aromatic carbocycles. The molecule has 0 bridgehead atoms. The highest BCUT2D eigenvalue weighted by Gasteiger charge is 2.25.